The second kappa shape index (κ2) is 10.6. The molecule has 0 bridgehead atoms. The summed E-state index contributed by atoms with van der Waals surface area (Å²) in [6.45, 7) is 0. The van der Waals surface area contributed by atoms with Gasteiger partial charge in [-0.15, -0.1) is 0 Å². The number of hydrogen-bond donors (Lipinski definition) is 3. The number of ether oxygens (including phenoxy) is 2. The molecule has 0 aliphatic rings. The van der Waals surface area contributed by atoms with Crippen LogP contribution in [0.25, 0.3) is 0 Å². The van der Waals surface area contributed by atoms with Crippen LogP contribution in [0.2, 0.25) is 5.02 Å². The van der Waals surface area contributed by atoms with E-state index in [1.54, 1.807) is 30.3 Å². The van der Waals surface area contributed by atoms with Crippen molar-refractivity contribution in [2.45, 2.75) is 0 Å². The number of hydrogen-bond acceptors (Lipinski definition) is 5. The summed E-state index contributed by atoms with van der Waals surface area (Å²) in [6, 6.07) is 11.3. The smallest absolute Gasteiger partial charge is 0.326 e. The fraction of sp³-hybridized carbons (Fsp3) is 0.0870. The van der Waals surface area contributed by atoms with Gasteiger partial charge in [-0.05, 0) is 42.5 Å². The lowest BCUT2D eigenvalue weighted by Gasteiger charge is -2.14. The number of nitrogens with one attached hydrogen (secondary N) is 3. The summed E-state index contributed by atoms with van der Waals surface area (Å²) in [4.78, 5) is 37.3. The molecule has 0 unspecified atom stereocenters. The Bertz CT molecular complexity index is 1270. The number of benzene rings is 3. The van der Waals surface area contributed by atoms with Crippen LogP contribution in [0.4, 0.5) is 25.0 Å². The maximum atomic E-state index is 13.4. The summed E-state index contributed by atoms with van der Waals surface area (Å²) < 4.78 is 37.0. The topological polar surface area (TPSA) is 106 Å². The van der Waals surface area contributed by atoms with Crippen molar-refractivity contribution in [2.75, 3.05) is 24.9 Å². The number of methoxy groups -OCH3 is 2. The van der Waals surface area contributed by atoms with E-state index in [1.165, 1.54) is 26.4 Å². The molecule has 0 radical (unpaired) electrons. The van der Waals surface area contributed by atoms with Crippen molar-refractivity contribution in [2.24, 2.45) is 0 Å². The number of halogens is 3. The van der Waals surface area contributed by atoms with Crippen LogP contribution in [-0.2, 0) is 0 Å². The second-order valence-corrected chi connectivity index (χ2v) is 7.13. The number of amides is 4. The van der Waals surface area contributed by atoms with Gasteiger partial charge in [-0.3, -0.25) is 14.9 Å². The Kier molecular flexibility index (Phi) is 7.64. The van der Waals surface area contributed by atoms with Crippen molar-refractivity contribution in [1.82, 2.24) is 5.32 Å². The van der Waals surface area contributed by atoms with E-state index >= 15 is 0 Å². The molecule has 34 heavy (non-hydrogen) atoms. The van der Waals surface area contributed by atoms with Gasteiger partial charge in [0.2, 0.25) is 0 Å². The van der Waals surface area contributed by atoms with Gasteiger partial charge >= 0.3 is 6.03 Å². The third-order valence-corrected chi connectivity index (χ3v) is 4.85. The summed E-state index contributed by atoms with van der Waals surface area (Å²) in [5, 5.41) is 6.67. The van der Waals surface area contributed by atoms with Crippen molar-refractivity contribution >= 4 is 40.8 Å². The number of anilines is 2. The first kappa shape index (κ1) is 24.5. The summed E-state index contributed by atoms with van der Waals surface area (Å²) in [5.41, 5.74) is 0.284. The Labute approximate surface area is 197 Å². The molecular formula is C23H18ClF2N3O5. The zero-order valence-electron chi connectivity index (χ0n) is 17.9. The van der Waals surface area contributed by atoms with E-state index in [0.29, 0.717) is 29.1 Å². The molecule has 0 aromatic heterocycles. The molecule has 3 aromatic rings. The fourth-order valence-corrected chi connectivity index (χ4v) is 3.17. The van der Waals surface area contributed by atoms with E-state index in [-0.39, 0.29) is 16.5 Å². The largest absolute Gasteiger partial charge is 0.496 e. The molecule has 8 nitrogen and oxygen atoms in total. The molecule has 0 spiro atoms. The van der Waals surface area contributed by atoms with Crippen LogP contribution in [0.1, 0.15) is 20.7 Å². The minimum atomic E-state index is -1.30. The van der Waals surface area contributed by atoms with E-state index < -0.39 is 35.0 Å². The van der Waals surface area contributed by atoms with Gasteiger partial charge in [0.1, 0.15) is 11.5 Å². The molecule has 11 heteroatoms. The van der Waals surface area contributed by atoms with Crippen LogP contribution in [0.3, 0.4) is 0 Å². The lowest BCUT2D eigenvalue weighted by atomic mass is 10.1. The quantitative estimate of drug-likeness (QED) is 0.429. The first-order valence-corrected chi connectivity index (χ1v) is 10.0. The number of imide groups is 1. The number of rotatable bonds is 6. The van der Waals surface area contributed by atoms with E-state index in [4.69, 9.17) is 21.1 Å². The Hall–Kier alpha value is -4.18. The predicted octanol–water partition coefficient (Wildman–Crippen LogP) is 4.85. The number of carbonyl (C=O) groups excluding carboxylic acids is 3. The molecular weight excluding hydrogens is 472 g/mol. The van der Waals surface area contributed by atoms with E-state index in [9.17, 15) is 23.2 Å². The molecule has 176 valence electrons. The highest BCUT2D eigenvalue weighted by Gasteiger charge is 2.19. The summed E-state index contributed by atoms with van der Waals surface area (Å²) in [5.74, 6) is -3.44. The van der Waals surface area contributed by atoms with Crippen LogP contribution in [0.5, 0.6) is 11.5 Å². The van der Waals surface area contributed by atoms with Crippen LogP contribution in [-0.4, -0.2) is 32.1 Å². The van der Waals surface area contributed by atoms with Crippen LogP contribution in [0.15, 0.2) is 54.6 Å². The van der Waals surface area contributed by atoms with Crippen molar-refractivity contribution < 1.29 is 32.6 Å². The monoisotopic (exact) mass is 489 g/mol. The molecule has 3 aromatic carbocycles. The van der Waals surface area contributed by atoms with E-state index in [0.717, 1.165) is 0 Å². The fourth-order valence-electron chi connectivity index (χ4n) is 2.93. The van der Waals surface area contributed by atoms with Gasteiger partial charge in [-0.2, -0.15) is 0 Å². The zero-order valence-corrected chi connectivity index (χ0v) is 18.6. The highest BCUT2D eigenvalue weighted by Crippen LogP contribution is 2.29. The summed E-state index contributed by atoms with van der Waals surface area (Å²) >= 11 is 5.76. The minimum Gasteiger partial charge on any atom is -0.496 e. The highest BCUT2D eigenvalue weighted by atomic mass is 35.5. The van der Waals surface area contributed by atoms with Gasteiger partial charge in [-0.25, -0.2) is 13.6 Å². The SMILES string of the molecule is COc1ccc(NC(=O)c2ccccc2OC)cc1NC(=O)NC(=O)c1cc(F)c(F)cc1Cl. The maximum absolute atomic E-state index is 13.4. The molecule has 3 N–H and O–H groups in total. The van der Waals surface area contributed by atoms with Crippen molar-refractivity contribution in [3.8, 4) is 11.5 Å². The Morgan fingerprint density at radius 3 is 2.18 bits per heavy atom. The van der Waals surface area contributed by atoms with Crippen LogP contribution in [0, 0.1) is 11.6 Å². The number of urea groups is 1. The second-order valence-electron chi connectivity index (χ2n) is 6.72. The van der Waals surface area contributed by atoms with Gasteiger partial charge in [0.25, 0.3) is 11.8 Å². The first-order chi connectivity index (χ1) is 16.2. The third-order valence-electron chi connectivity index (χ3n) is 4.54. The zero-order chi connectivity index (χ0) is 24.8. The Morgan fingerprint density at radius 2 is 1.47 bits per heavy atom. The summed E-state index contributed by atoms with van der Waals surface area (Å²) in [7, 11) is 2.80. The van der Waals surface area contributed by atoms with Crippen molar-refractivity contribution in [3.05, 3.63) is 82.4 Å². The number of carbonyl (C=O) groups is 3. The van der Waals surface area contributed by atoms with Gasteiger partial charge in [0, 0.05) is 5.69 Å². The minimum absolute atomic E-state index is 0.113. The molecule has 0 aliphatic carbocycles. The normalized spacial score (nSPS) is 10.3. The van der Waals surface area contributed by atoms with E-state index in [1.807, 2.05) is 5.32 Å². The lowest BCUT2D eigenvalue weighted by Crippen LogP contribution is -2.34. The van der Waals surface area contributed by atoms with Gasteiger partial charge < -0.3 is 20.1 Å². The average Bonchev–Trinajstić information content (AvgIpc) is 2.81. The molecule has 0 saturated heterocycles. The lowest BCUT2D eigenvalue weighted by molar-refractivity contribution is 0.0965. The predicted molar refractivity (Wildman–Crippen MR) is 122 cm³/mol. The molecule has 0 fully saturated rings. The molecule has 0 saturated carbocycles. The molecule has 3 rings (SSSR count). The maximum Gasteiger partial charge on any atom is 0.326 e. The molecule has 4 amide bonds. The van der Waals surface area contributed by atoms with Crippen molar-refractivity contribution in [3.63, 3.8) is 0 Å². The van der Waals surface area contributed by atoms with Crippen molar-refractivity contribution in [1.29, 1.82) is 0 Å². The van der Waals surface area contributed by atoms with Crippen LogP contribution >= 0.6 is 11.6 Å². The van der Waals surface area contributed by atoms with Gasteiger partial charge in [0.15, 0.2) is 11.6 Å². The molecule has 0 aliphatic heterocycles. The number of para-hydroxylation sites is 1. The van der Waals surface area contributed by atoms with Gasteiger partial charge in [0.05, 0.1) is 36.1 Å². The highest BCUT2D eigenvalue weighted by molar-refractivity contribution is 6.34. The standard InChI is InChI=1S/C23H18ClF2N3O5/c1-33-19-6-4-3-5-13(19)21(30)27-12-7-8-20(34-2)18(9-12)28-23(32)29-22(31)14-10-16(25)17(26)11-15(14)24/h3-11H,1-2H3,(H,27,30)(H2,28,29,31,32). The summed E-state index contributed by atoms with van der Waals surface area (Å²) in [6.07, 6.45) is 0. The van der Waals surface area contributed by atoms with Gasteiger partial charge in [-0.1, -0.05) is 23.7 Å². The van der Waals surface area contributed by atoms with E-state index in [2.05, 4.69) is 10.6 Å². The van der Waals surface area contributed by atoms with Crippen LogP contribution < -0.4 is 25.4 Å². The molecule has 0 heterocycles. The Balaban J connectivity index is 1.76. The third kappa shape index (κ3) is 5.59. The average molecular weight is 490 g/mol. The first-order valence-electron chi connectivity index (χ1n) is 9.62. The Morgan fingerprint density at radius 1 is 0.794 bits per heavy atom. The molecule has 0 atom stereocenters.